The molecule has 0 fully saturated rings. The van der Waals surface area contributed by atoms with Gasteiger partial charge in [0.15, 0.2) is 5.43 Å². The molecular weight excluding hydrogens is 202 g/mol. The molecule has 0 unspecified atom stereocenters. The van der Waals surface area contributed by atoms with Crippen LogP contribution in [0.2, 0.25) is 0 Å². The quantitative estimate of drug-likeness (QED) is 0.620. The Morgan fingerprint density at radius 1 is 1.56 bits per heavy atom. The largest absolute Gasteiger partial charge is 0.393 e. The first-order valence-electron chi connectivity index (χ1n) is 5.15. The minimum Gasteiger partial charge on any atom is -0.393 e. The smallest absolute Gasteiger partial charge is 0.191 e. The summed E-state index contributed by atoms with van der Waals surface area (Å²) in [5.74, 6) is 0. The van der Waals surface area contributed by atoms with E-state index in [0.717, 1.165) is 11.0 Å². The number of aromatic amines is 1. The van der Waals surface area contributed by atoms with E-state index in [2.05, 4.69) is 10.3 Å². The summed E-state index contributed by atoms with van der Waals surface area (Å²) in [6.45, 7) is 2.24. The molecule has 4 N–H and O–H groups in total. The fraction of sp³-hybridized carbons (Fsp3) is 0.250. The number of allylic oxidation sites excluding steroid dienone is 2. The summed E-state index contributed by atoms with van der Waals surface area (Å²) in [5, 5.41) is 4.23. The molecule has 0 saturated heterocycles. The van der Waals surface area contributed by atoms with Gasteiger partial charge in [-0.2, -0.15) is 0 Å². The number of nitrogens with two attached hydrogens (primary N) is 1. The zero-order chi connectivity index (χ0) is 12.0. The van der Waals surface area contributed by atoms with E-state index in [1.54, 1.807) is 13.2 Å². The van der Waals surface area contributed by atoms with Crippen molar-refractivity contribution in [2.24, 2.45) is 5.73 Å². The summed E-state index contributed by atoms with van der Waals surface area (Å²) >= 11 is 0. The second kappa shape index (κ2) is 5.92. The fourth-order valence-corrected chi connectivity index (χ4v) is 1.37. The molecule has 0 radical (unpaired) electrons. The molecule has 0 atom stereocenters. The van der Waals surface area contributed by atoms with Crippen molar-refractivity contribution in [1.82, 2.24) is 10.3 Å². The van der Waals surface area contributed by atoms with E-state index in [9.17, 15) is 4.79 Å². The Kier molecular flexibility index (Phi) is 4.54. The highest BCUT2D eigenvalue weighted by Gasteiger charge is 1.95. The highest BCUT2D eigenvalue weighted by molar-refractivity contribution is 5.37. The Bertz CT molecular complexity index is 540. The number of hydrogen-bond donors (Lipinski definition) is 3. The van der Waals surface area contributed by atoms with Crippen LogP contribution >= 0.6 is 0 Å². The summed E-state index contributed by atoms with van der Waals surface area (Å²) in [6, 6.07) is 1.52. The van der Waals surface area contributed by atoms with Crippen molar-refractivity contribution in [3.05, 3.63) is 44.7 Å². The molecule has 4 heteroatoms. The summed E-state index contributed by atoms with van der Waals surface area (Å²) in [4.78, 5) is 14.9. The first-order chi connectivity index (χ1) is 7.72. The van der Waals surface area contributed by atoms with Gasteiger partial charge in [-0.15, -0.1) is 0 Å². The third-order valence-electron chi connectivity index (χ3n) is 2.12. The van der Waals surface area contributed by atoms with Crippen molar-refractivity contribution in [2.75, 3.05) is 7.05 Å². The van der Waals surface area contributed by atoms with E-state index in [0.29, 0.717) is 11.8 Å². The van der Waals surface area contributed by atoms with E-state index in [1.165, 1.54) is 6.07 Å². The van der Waals surface area contributed by atoms with Crippen molar-refractivity contribution in [1.29, 1.82) is 0 Å². The molecule has 86 valence electrons. The van der Waals surface area contributed by atoms with Crippen LogP contribution in [-0.4, -0.2) is 12.0 Å². The third-order valence-corrected chi connectivity index (χ3v) is 2.12. The van der Waals surface area contributed by atoms with Gasteiger partial charge in [-0.3, -0.25) is 4.79 Å². The average Bonchev–Trinajstić information content (AvgIpc) is 2.29. The summed E-state index contributed by atoms with van der Waals surface area (Å²) in [5.41, 5.74) is 6.21. The summed E-state index contributed by atoms with van der Waals surface area (Å²) < 4.78 is 0. The Balaban J connectivity index is 3.60. The Morgan fingerprint density at radius 2 is 2.31 bits per heavy atom. The molecule has 1 aromatic heterocycles. The number of rotatable bonds is 3. The fourth-order valence-electron chi connectivity index (χ4n) is 1.37. The van der Waals surface area contributed by atoms with Crippen LogP contribution in [0.25, 0.3) is 12.3 Å². The zero-order valence-corrected chi connectivity index (χ0v) is 9.58. The first kappa shape index (κ1) is 12.3. The van der Waals surface area contributed by atoms with Gasteiger partial charge < -0.3 is 16.0 Å². The maximum absolute atomic E-state index is 11.8. The molecule has 0 saturated carbocycles. The lowest BCUT2D eigenvalue weighted by molar-refractivity contribution is 0.960. The number of nitrogens with one attached hydrogen (secondary N) is 2. The standard InChI is InChI=1S/C12H17N3O/c1-3-4-5-11-10(8-14-2)12(16)6-9(7-13)15-11/h3-6,8,14-15H,7,13H2,1-2H3/b4-3-,10-8+,11-5+. The molecule has 16 heavy (non-hydrogen) atoms. The molecular formula is C12H17N3O. The molecule has 0 aromatic carbocycles. The van der Waals surface area contributed by atoms with Gasteiger partial charge in [-0.05, 0) is 13.0 Å². The lowest BCUT2D eigenvalue weighted by Crippen LogP contribution is -2.42. The minimum atomic E-state index is -0.0377. The maximum Gasteiger partial charge on any atom is 0.191 e. The van der Waals surface area contributed by atoms with E-state index in [4.69, 9.17) is 5.73 Å². The number of H-pyrrole nitrogens is 1. The molecule has 0 bridgehead atoms. The predicted octanol–water partition coefficient (Wildman–Crippen LogP) is -0.852. The molecule has 1 heterocycles. The molecule has 4 nitrogen and oxygen atoms in total. The minimum absolute atomic E-state index is 0.0377. The topological polar surface area (TPSA) is 70.9 Å². The number of hydrogen-bond acceptors (Lipinski definition) is 3. The van der Waals surface area contributed by atoms with Crippen LogP contribution in [0.5, 0.6) is 0 Å². The van der Waals surface area contributed by atoms with E-state index < -0.39 is 0 Å². The van der Waals surface area contributed by atoms with Gasteiger partial charge in [0.25, 0.3) is 0 Å². The lowest BCUT2D eigenvalue weighted by Gasteiger charge is -1.98. The summed E-state index contributed by atoms with van der Waals surface area (Å²) in [6.07, 6.45) is 7.30. The molecule has 1 aromatic rings. The molecule has 0 aliphatic carbocycles. The Morgan fingerprint density at radius 3 is 2.88 bits per heavy atom. The second-order valence-electron chi connectivity index (χ2n) is 3.32. The van der Waals surface area contributed by atoms with Crippen molar-refractivity contribution < 1.29 is 0 Å². The van der Waals surface area contributed by atoms with Crippen LogP contribution in [0, 0.1) is 0 Å². The third kappa shape index (κ3) is 2.84. The highest BCUT2D eigenvalue weighted by atomic mass is 16.1. The molecule has 0 spiro atoms. The molecule has 0 amide bonds. The van der Waals surface area contributed by atoms with Crippen LogP contribution in [0.3, 0.4) is 0 Å². The van der Waals surface area contributed by atoms with Crippen LogP contribution in [0.4, 0.5) is 0 Å². The average molecular weight is 219 g/mol. The SMILES string of the molecule is C\C=C/C=c1/[nH]c(CN)cc(=O)/c1=C/NC. The van der Waals surface area contributed by atoms with E-state index >= 15 is 0 Å². The van der Waals surface area contributed by atoms with Gasteiger partial charge >= 0.3 is 0 Å². The zero-order valence-electron chi connectivity index (χ0n) is 9.58. The van der Waals surface area contributed by atoms with E-state index in [-0.39, 0.29) is 5.43 Å². The molecule has 1 rings (SSSR count). The van der Waals surface area contributed by atoms with Gasteiger partial charge in [0.1, 0.15) is 0 Å². The van der Waals surface area contributed by atoms with Gasteiger partial charge in [-0.1, -0.05) is 12.2 Å². The number of aromatic nitrogens is 1. The van der Waals surface area contributed by atoms with E-state index in [1.807, 2.05) is 25.2 Å². The van der Waals surface area contributed by atoms with Crippen molar-refractivity contribution in [2.45, 2.75) is 13.5 Å². The monoisotopic (exact) mass is 219 g/mol. The maximum atomic E-state index is 11.8. The molecule has 0 aliphatic heterocycles. The van der Waals surface area contributed by atoms with Crippen molar-refractivity contribution in [3.8, 4) is 0 Å². The van der Waals surface area contributed by atoms with Gasteiger partial charge in [0.2, 0.25) is 0 Å². The van der Waals surface area contributed by atoms with Crippen molar-refractivity contribution in [3.63, 3.8) is 0 Å². The lowest BCUT2D eigenvalue weighted by atomic mass is 10.2. The van der Waals surface area contributed by atoms with Crippen molar-refractivity contribution >= 4 is 12.3 Å². The van der Waals surface area contributed by atoms with Gasteiger partial charge in [0.05, 0.1) is 10.6 Å². The van der Waals surface area contributed by atoms with Crippen LogP contribution in [0.1, 0.15) is 12.6 Å². The highest BCUT2D eigenvalue weighted by Crippen LogP contribution is 1.79. The van der Waals surface area contributed by atoms with Gasteiger partial charge in [-0.25, -0.2) is 0 Å². The predicted molar refractivity (Wildman–Crippen MR) is 67.0 cm³/mol. The summed E-state index contributed by atoms with van der Waals surface area (Å²) in [7, 11) is 1.76. The second-order valence-corrected chi connectivity index (χ2v) is 3.32. The molecule has 0 aliphatic rings. The number of pyridine rings is 1. The Labute approximate surface area is 94.2 Å². The van der Waals surface area contributed by atoms with Crippen LogP contribution in [-0.2, 0) is 6.54 Å². The normalized spacial score (nSPS) is 13.7. The van der Waals surface area contributed by atoms with Crippen LogP contribution in [0.15, 0.2) is 23.0 Å². The van der Waals surface area contributed by atoms with Crippen LogP contribution < -0.4 is 27.0 Å². The van der Waals surface area contributed by atoms with Gasteiger partial charge in [0, 0.05) is 31.6 Å². The first-order valence-corrected chi connectivity index (χ1v) is 5.15. The Hall–Kier alpha value is -1.81.